The summed E-state index contributed by atoms with van der Waals surface area (Å²) in [5.41, 5.74) is 1.37. The molecule has 0 aliphatic heterocycles. The Labute approximate surface area is 131 Å². The molecule has 116 valence electrons. The van der Waals surface area contributed by atoms with Crippen LogP contribution in [0.15, 0.2) is 41.1 Å². The highest BCUT2D eigenvalue weighted by Gasteiger charge is 2.07. The van der Waals surface area contributed by atoms with Crippen molar-refractivity contribution in [1.29, 1.82) is 0 Å². The summed E-state index contributed by atoms with van der Waals surface area (Å²) in [4.78, 5) is 23.2. The van der Waals surface area contributed by atoms with Crippen LogP contribution in [-0.2, 0) is 16.1 Å². The molecule has 2 aromatic rings. The van der Waals surface area contributed by atoms with Gasteiger partial charge in [0.05, 0.1) is 0 Å². The van der Waals surface area contributed by atoms with Crippen molar-refractivity contribution >= 4 is 23.2 Å². The molecule has 0 saturated heterocycles. The third kappa shape index (κ3) is 5.29. The van der Waals surface area contributed by atoms with E-state index in [4.69, 9.17) is 4.74 Å². The topological polar surface area (TPSA) is 55.4 Å². The third-order valence-electron chi connectivity index (χ3n) is 2.94. The molecule has 1 aromatic carbocycles. The second kappa shape index (κ2) is 8.29. The van der Waals surface area contributed by atoms with Gasteiger partial charge in [-0.3, -0.25) is 9.59 Å². The van der Waals surface area contributed by atoms with Gasteiger partial charge >= 0.3 is 5.97 Å². The summed E-state index contributed by atoms with van der Waals surface area (Å²) in [5, 5.41) is 6.34. The van der Waals surface area contributed by atoms with Gasteiger partial charge in [0.2, 0.25) is 0 Å². The molecule has 1 heterocycles. The molecule has 6 heteroatoms. The second-order valence-corrected chi connectivity index (χ2v) is 5.44. The summed E-state index contributed by atoms with van der Waals surface area (Å²) in [6, 6.07) is 7.54. The third-order valence-corrected chi connectivity index (χ3v) is 3.62. The largest absolute Gasteiger partial charge is 0.461 e. The minimum atomic E-state index is -0.339. The smallest absolute Gasteiger partial charge is 0.306 e. The minimum absolute atomic E-state index is 0.125. The number of carbonyl (C=O) groups excluding carboxylic acids is 2. The number of nitrogens with one attached hydrogen (secondary N) is 1. The molecule has 22 heavy (non-hydrogen) atoms. The van der Waals surface area contributed by atoms with Crippen LogP contribution >= 0.6 is 11.3 Å². The first-order valence-corrected chi connectivity index (χ1v) is 7.80. The van der Waals surface area contributed by atoms with Crippen LogP contribution in [0.3, 0.4) is 0 Å². The van der Waals surface area contributed by atoms with Crippen molar-refractivity contribution in [3.63, 3.8) is 0 Å². The van der Waals surface area contributed by atoms with Gasteiger partial charge in [0.15, 0.2) is 0 Å². The van der Waals surface area contributed by atoms with Crippen LogP contribution in [0.1, 0.15) is 28.8 Å². The summed E-state index contributed by atoms with van der Waals surface area (Å²) in [6.45, 7) is 0.542. The molecule has 0 bridgehead atoms. The predicted octanol–water partition coefficient (Wildman–Crippen LogP) is 3.14. The second-order valence-electron chi connectivity index (χ2n) is 4.66. The van der Waals surface area contributed by atoms with Crippen molar-refractivity contribution in [3.8, 4) is 0 Å². The van der Waals surface area contributed by atoms with E-state index in [0.717, 1.165) is 5.56 Å². The number of esters is 1. The predicted molar refractivity (Wildman–Crippen MR) is 82.1 cm³/mol. The Balaban J connectivity index is 1.59. The van der Waals surface area contributed by atoms with Crippen LogP contribution in [0.2, 0.25) is 0 Å². The highest BCUT2D eigenvalue weighted by molar-refractivity contribution is 7.08. The quantitative estimate of drug-likeness (QED) is 0.629. The summed E-state index contributed by atoms with van der Waals surface area (Å²) in [6.07, 6.45) is 0.739. The molecule has 0 spiro atoms. The Bertz CT molecular complexity index is 611. The number of carbonyl (C=O) groups is 2. The van der Waals surface area contributed by atoms with Gasteiger partial charge in [-0.15, -0.1) is 0 Å². The number of thiophene rings is 1. The van der Waals surface area contributed by atoms with E-state index in [-0.39, 0.29) is 30.7 Å². The number of hydrogen-bond acceptors (Lipinski definition) is 4. The van der Waals surface area contributed by atoms with Gasteiger partial charge < -0.3 is 10.1 Å². The van der Waals surface area contributed by atoms with Crippen molar-refractivity contribution in [2.24, 2.45) is 0 Å². The maximum absolute atomic E-state index is 12.7. The number of halogens is 1. The fourth-order valence-electron chi connectivity index (χ4n) is 1.75. The maximum Gasteiger partial charge on any atom is 0.306 e. The zero-order valence-electron chi connectivity index (χ0n) is 11.9. The number of hydrogen-bond donors (Lipinski definition) is 1. The molecule has 0 aliphatic rings. The lowest BCUT2D eigenvalue weighted by Gasteiger charge is -2.06. The molecule has 0 unspecified atom stereocenters. The summed E-state index contributed by atoms with van der Waals surface area (Å²) >= 11 is 1.46. The summed E-state index contributed by atoms with van der Waals surface area (Å²) in [7, 11) is 0. The lowest BCUT2D eigenvalue weighted by Crippen LogP contribution is -2.24. The van der Waals surface area contributed by atoms with Crippen LogP contribution in [0, 0.1) is 5.82 Å². The van der Waals surface area contributed by atoms with E-state index in [0.29, 0.717) is 18.5 Å². The first-order chi connectivity index (χ1) is 10.6. The van der Waals surface area contributed by atoms with Crippen LogP contribution in [0.5, 0.6) is 0 Å². The van der Waals surface area contributed by atoms with E-state index in [1.165, 1.54) is 23.5 Å². The van der Waals surface area contributed by atoms with Crippen molar-refractivity contribution in [1.82, 2.24) is 5.32 Å². The number of ether oxygens (including phenoxy) is 1. The monoisotopic (exact) mass is 321 g/mol. The molecule has 2 rings (SSSR count). The van der Waals surface area contributed by atoms with Crippen molar-refractivity contribution in [2.45, 2.75) is 19.4 Å². The molecule has 1 N–H and O–H groups in total. The van der Waals surface area contributed by atoms with Crippen molar-refractivity contribution < 1.29 is 18.7 Å². The maximum atomic E-state index is 12.7. The zero-order chi connectivity index (χ0) is 15.8. The van der Waals surface area contributed by atoms with Crippen LogP contribution in [-0.4, -0.2) is 18.4 Å². The highest BCUT2D eigenvalue weighted by Crippen LogP contribution is 2.06. The van der Waals surface area contributed by atoms with Gasteiger partial charge in [-0.25, -0.2) is 4.39 Å². The molecule has 0 fully saturated rings. The van der Waals surface area contributed by atoms with Gasteiger partial charge in [0.25, 0.3) is 5.91 Å². The number of amides is 1. The minimum Gasteiger partial charge on any atom is -0.461 e. The first kappa shape index (κ1) is 16.2. The Hall–Kier alpha value is -2.21. The lowest BCUT2D eigenvalue weighted by atomic mass is 10.2. The van der Waals surface area contributed by atoms with Crippen molar-refractivity contribution in [3.05, 3.63) is 58.0 Å². The fraction of sp³-hybridized carbons (Fsp3) is 0.250. The number of rotatable bonds is 7. The summed E-state index contributed by atoms with van der Waals surface area (Å²) < 4.78 is 17.8. The average molecular weight is 321 g/mol. The molecule has 1 aromatic heterocycles. The lowest BCUT2D eigenvalue weighted by molar-refractivity contribution is -0.145. The fourth-order valence-corrected chi connectivity index (χ4v) is 2.38. The Kier molecular flexibility index (Phi) is 6.09. The van der Waals surface area contributed by atoms with Crippen LogP contribution < -0.4 is 5.32 Å². The van der Waals surface area contributed by atoms with Crippen LogP contribution in [0.25, 0.3) is 0 Å². The van der Waals surface area contributed by atoms with E-state index >= 15 is 0 Å². The van der Waals surface area contributed by atoms with E-state index in [1.54, 1.807) is 23.6 Å². The van der Waals surface area contributed by atoms with E-state index < -0.39 is 0 Å². The normalized spacial score (nSPS) is 10.2. The zero-order valence-corrected chi connectivity index (χ0v) is 12.7. The molecule has 4 nitrogen and oxygen atoms in total. The van der Waals surface area contributed by atoms with Gasteiger partial charge in [-0.2, -0.15) is 11.3 Å². The van der Waals surface area contributed by atoms with Gasteiger partial charge in [-0.1, -0.05) is 12.1 Å². The Morgan fingerprint density at radius 1 is 1.18 bits per heavy atom. The van der Waals surface area contributed by atoms with Crippen LogP contribution in [0.4, 0.5) is 4.39 Å². The standard InChI is InChI=1S/C16H16FNO3S/c17-14-5-3-12(4-6-14)10-21-15(19)2-1-8-18-16(20)13-7-9-22-11-13/h3-7,9,11H,1-2,8,10H2,(H,18,20). The Morgan fingerprint density at radius 2 is 1.95 bits per heavy atom. The molecular formula is C16H16FNO3S. The molecule has 0 saturated carbocycles. The molecule has 0 aliphatic carbocycles. The molecule has 0 radical (unpaired) electrons. The molecular weight excluding hydrogens is 305 g/mol. The molecule has 1 amide bonds. The number of benzene rings is 1. The van der Waals surface area contributed by atoms with E-state index in [2.05, 4.69) is 5.32 Å². The van der Waals surface area contributed by atoms with E-state index in [9.17, 15) is 14.0 Å². The van der Waals surface area contributed by atoms with E-state index in [1.807, 2.05) is 5.38 Å². The van der Waals surface area contributed by atoms with Gasteiger partial charge in [0, 0.05) is 23.9 Å². The average Bonchev–Trinajstić information content (AvgIpc) is 3.05. The van der Waals surface area contributed by atoms with Crippen molar-refractivity contribution in [2.75, 3.05) is 6.54 Å². The highest BCUT2D eigenvalue weighted by atomic mass is 32.1. The summed E-state index contributed by atoms with van der Waals surface area (Å²) in [5.74, 6) is -0.800. The first-order valence-electron chi connectivity index (χ1n) is 6.85. The molecule has 0 atom stereocenters. The van der Waals surface area contributed by atoms with Gasteiger partial charge in [-0.05, 0) is 35.6 Å². The SMILES string of the molecule is O=C(CCCNC(=O)c1ccsc1)OCc1ccc(F)cc1. The van der Waals surface area contributed by atoms with Gasteiger partial charge in [0.1, 0.15) is 12.4 Å². The Morgan fingerprint density at radius 3 is 2.64 bits per heavy atom.